The highest BCUT2D eigenvalue weighted by atomic mass is 79.9. The molecule has 0 radical (unpaired) electrons. The molecule has 1 nitrogen and oxygen atoms in total. The van der Waals surface area contributed by atoms with Crippen LogP contribution in [0.3, 0.4) is 0 Å². The molecule has 1 fully saturated rings. The van der Waals surface area contributed by atoms with Crippen molar-refractivity contribution in [2.75, 3.05) is 7.05 Å². The first kappa shape index (κ1) is 14.9. The summed E-state index contributed by atoms with van der Waals surface area (Å²) in [6, 6.07) is 4.19. The van der Waals surface area contributed by atoms with E-state index in [0.717, 1.165) is 19.3 Å². The molecule has 1 aliphatic rings. The molecule has 19 heavy (non-hydrogen) atoms. The molecule has 1 atom stereocenters. The van der Waals surface area contributed by atoms with Gasteiger partial charge in [0.05, 0.1) is 5.56 Å². The van der Waals surface area contributed by atoms with E-state index in [4.69, 9.17) is 0 Å². The number of hydrogen-bond acceptors (Lipinski definition) is 1. The summed E-state index contributed by atoms with van der Waals surface area (Å²) in [7, 11) is 1.73. The molecule has 0 bridgehead atoms. The van der Waals surface area contributed by atoms with Crippen LogP contribution in [0.25, 0.3) is 0 Å². The van der Waals surface area contributed by atoms with Crippen molar-refractivity contribution in [3.05, 3.63) is 33.8 Å². The lowest BCUT2D eigenvalue weighted by Gasteiger charge is -2.31. The fraction of sp³-hybridized carbons (Fsp3) is 0.571. The molecule has 0 aromatic heterocycles. The standard InChI is InChI=1S/C14H17BrF3N/c1-19-13(7-9-3-2-4-9)11-6-5-10(15)8-12(11)14(16,17)18/h5-6,8-9,13,19H,2-4,7H2,1H3. The van der Waals surface area contributed by atoms with Crippen LogP contribution in [0.4, 0.5) is 13.2 Å². The summed E-state index contributed by atoms with van der Waals surface area (Å²) in [5.41, 5.74) is -0.189. The second kappa shape index (κ2) is 5.83. The molecule has 0 saturated heterocycles. The Kier molecular flexibility index (Phi) is 4.56. The minimum Gasteiger partial charge on any atom is -0.313 e. The first-order chi connectivity index (χ1) is 8.91. The maximum absolute atomic E-state index is 13.1. The van der Waals surface area contributed by atoms with Gasteiger partial charge in [0.15, 0.2) is 0 Å². The smallest absolute Gasteiger partial charge is 0.313 e. The van der Waals surface area contributed by atoms with Gasteiger partial charge in [-0.25, -0.2) is 0 Å². The Hall–Kier alpha value is -0.550. The predicted octanol–water partition coefficient (Wildman–Crippen LogP) is 4.92. The molecule has 0 spiro atoms. The van der Waals surface area contributed by atoms with E-state index in [2.05, 4.69) is 21.2 Å². The monoisotopic (exact) mass is 335 g/mol. The Morgan fingerprint density at radius 2 is 2.05 bits per heavy atom. The Morgan fingerprint density at radius 1 is 1.37 bits per heavy atom. The molecule has 0 aliphatic heterocycles. The number of alkyl halides is 3. The van der Waals surface area contributed by atoms with Crippen molar-refractivity contribution in [2.45, 2.75) is 37.9 Å². The highest BCUT2D eigenvalue weighted by Crippen LogP contribution is 2.40. The van der Waals surface area contributed by atoms with Gasteiger partial charge in [0.2, 0.25) is 0 Å². The van der Waals surface area contributed by atoms with Crippen LogP contribution in [0.2, 0.25) is 0 Å². The minimum atomic E-state index is -4.31. The molecule has 0 amide bonds. The van der Waals surface area contributed by atoms with Crippen molar-refractivity contribution < 1.29 is 13.2 Å². The maximum atomic E-state index is 13.1. The second-order valence-corrected chi connectivity index (χ2v) is 6.02. The molecule has 1 aromatic rings. The van der Waals surface area contributed by atoms with Gasteiger partial charge in [-0.05, 0) is 37.1 Å². The number of nitrogens with one attached hydrogen (secondary N) is 1. The topological polar surface area (TPSA) is 12.0 Å². The van der Waals surface area contributed by atoms with Gasteiger partial charge in [-0.1, -0.05) is 41.3 Å². The molecule has 5 heteroatoms. The van der Waals surface area contributed by atoms with Gasteiger partial charge in [-0.2, -0.15) is 13.2 Å². The van der Waals surface area contributed by atoms with Crippen LogP contribution in [0.1, 0.15) is 42.9 Å². The van der Waals surface area contributed by atoms with Crippen molar-refractivity contribution in [3.8, 4) is 0 Å². The third-order valence-electron chi connectivity index (χ3n) is 3.84. The Balaban J connectivity index is 2.30. The van der Waals surface area contributed by atoms with Crippen molar-refractivity contribution in [1.82, 2.24) is 5.32 Å². The summed E-state index contributed by atoms with van der Waals surface area (Å²) in [6.07, 6.45) is -0.0608. The highest BCUT2D eigenvalue weighted by molar-refractivity contribution is 9.10. The zero-order chi connectivity index (χ0) is 14.0. The van der Waals surface area contributed by atoms with Crippen LogP contribution < -0.4 is 5.32 Å². The van der Waals surface area contributed by atoms with Gasteiger partial charge in [0.1, 0.15) is 0 Å². The Morgan fingerprint density at radius 3 is 2.53 bits per heavy atom. The second-order valence-electron chi connectivity index (χ2n) is 5.10. The average molecular weight is 336 g/mol. The van der Waals surface area contributed by atoms with Crippen LogP contribution in [-0.4, -0.2) is 7.05 Å². The van der Waals surface area contributed by atoms with Crippen LogP contribution in [0, 0.1) is 5.92 Å². The third kappa shape index (κ3) is 3.51. The molecule has 2 rings (SSSR count). The van der Waals surface area contributed by atoms with Gasteiger partial charge in [0, 0.05) is 10.5 Å². The average Bonchev–Trinajstić information content (AvgIpc) is 2.27. The van der Waals surface area contributed by atoms with Gasteiger partial charge in [-0.3, -0.25) is 0 Å². The molecule has 106 valence electrons. The van der Waals surface area contributed by atoms with Crippen LogP contribution in [-0.2, 0) is 6.18 Å². The van der Waals surface area contributed by atoms with E-state index in [1.165, 1.54) is 12.5 Å². The molecule has 1 aromatic carbocycles. The Bertz CT molecular complexity index is 441. The molecular formula is C14H17BrF3N. The van der Waals surface area contributed by atoms with Crippen molar-refractivity contribution in [1.29, 1.82) is 0 Å². The van der Waals surface area contributed by atoms with Crippen LogP contribution >= 0.6 is 15.9 Å². The zero-order valence-electron chi connectivity index (χ0n) is 10.7. The van der Waals surface area contributed by atoms with Crippen molar-refractivity contribution >= 4 is 15.9 Å². The van der Waals surface area contributed by atoms with E-state index in [1.54, 1.807) is 19.2 Å². The quantitative estimate of drug-likeness (QED) is 0.823. The summed E-state index contributed by atoms with van der Waals surface area (Å²) in [6.45, 7) is 0. The van der Waals surface area contributed by atoms with Crippen molar-refractivity contribution in [3.63, 3.8) is 0 Å². The Labute approximate surface area is 119 Å². The lowest BCUT2D eigenvalue weighted by atomic mass is 9.79. The number of benzene rings is 1. The summed E-state index contributed by atoms with van der Waals surface area (Å²) < 4.78 is 39.8. The van der Waals surface area contributed by atoms with E-state index < -0.39 is 11.7 Å². The lowest BCUT2D eigenvalue weighted by molar-refractivity contribution is -0.138. The van der Waals surface area contributed by atoms with Crippen LogP contribution in [0.15, 0.2) is 22.7 Å². The molecule has 1 N–H and O–H groups in total. The fourth-order valence-electron chi connectivity index (χ4n) is 2.54. The normalized spacial score (nSPS) is 18.2. The summed E-state index contributed by atoms with van der Waals surface area (Å²) in [5, 5.41) is 3.03. The van der Waals surface area contributed by atoms with Gasteiger partial charge >= 0.3 is 6.18 Å². The number of hydrogen-bond donors (Lipinski definition) is 1. The van der Waals surface area contributed by atoms with E-state index in [0.29, 0.717) is 16.0 Å². The van der Waals surface area contributed by atoms with E-state index in [9.17, 15) is 13.2 Å². The maximum Gasteiger partial charge on any atom is 0.416 e. The van der Waals surface area contributed by atoms with Crippen molar-refractivity contribution in [2.24, 2.45) is 5.92 Å². The highest BCUT2D eigenvalue weighted by Gasteiger charge is 2.36. The molecule has 1 saturated carbocycles. The largest absolute Gasteiger partial charge is 0.416 e. The SMILES string of the molecule is CNC(CC1CCC1)c1ccc(Br)cc1C(F)(F)F. The third-order valence-corrected chi connectivity index (χ3v) is 4.33. The summed E-state index contributed by atoms with van der Waals surface area (Å²) in [5.74, 6) is 0.558. The van der Waals surface area contributed by atoms with E-state index in [1.807, 2.05) is 0 Å². The number of rotatable bonds is 4. The first-order valence-electron chi connectivity index (χ1n) is 6.45. The molecular weight excluding hydrogens is 319 g/mol. The van der Waals surface area contributed by atoms with Crippen LogP contribution in [0.5, 0.6) is 0 Å². The molecule has 1 unspecified atom stereocenters. The number of halogens is 4. The fourth-order valence-corrected chi connectivity index (χ4v) is 2.90. The van der Waals surface area contributed by atoms with Gasteiger partial charge < -0.3 is 5.32 Å². The zero-order valence-corrected chi connectivity index (χ0v) is 12.3. The molecule has 0 heterocycles. The molecule has 1 aliphatic carbocycles. The van der Waals surface area contributed by atoms with E-state index >= 15 is 0 Å². The van der Waals surface area contributed by atoms with Gasteiger partial charge in [-0.15, -0.1) is 0 Å². The summed E-state index contributed by atoms with van der Waals surface area (Å²) >= 11 is 3.12. The predicted molar refractivity (Wildman–Crippen MR) is 72.9 cm³/mol. The van der Waals surface area contributed by atoms with E-state index in [-0.39, 0.29) is 6.04 Å². The van der Waals surface area contributed by atoms with Gasteiger partial charge in [0.25, 0.3) is 0 Å². The summed E-state index contributed by atoms with van der Waals surface area (Å²) in [4.78, 5) is 0. The minimum absolute atomic E-state index is 0.227. The lowest BCUT2D eigenvalue weighted by Crippen LogP contribution is -2.25. The first-order valence-corrected chi connectivity index (χ1v) is 7.25.